The Balaban J connectivity index is 1.51. The van der Waals surface area contributed by atoms with Gasteiger partial charge < -0.3 is 34.9 Å². The van der Waals surface area contributed by atoms with Gasteiger partial charge in [0, 0.05) is 18.7 Å². The Morgan fingerprint density at radius 3 is 2.31 bits per heavy atom. The predicted molar refractivity (Wildman–Crippen MR) is 128 cm³/mol. The summed E-state index contributed by atoms with van der Waals surface area (Å²) >= 11 is 0. The van der Waals surface area contributed by atoms with Gasteiger partial charge in [0.1, 0.15) is 13.2 Å². The van der Waals surface area contributed by atoms with Crippen molar-refractivity contribution in [3.63, 3.8) is 0 Å². The number of carbonyl (C=O) groups is 1. The van der Waals surface area contributed by atoms with Crippen LogP contribution in [0.4, 0.5) is 33.2 Å². The van der Waals surface area contributed by atoms with Crippen LogP contribution in [0.25, 0.3) is 0 Å². The fraction of sp³-hybridized carbons (Fsp3) is 0.292. The molecule has 0 unspecified atom stereocenters. The molecule has 0 atom stereocenters. The smallest absolute Gasteiger partial charge is 0.229 e. The van der Waals surface area contributed by atoms with Gasteiger partial charge in [0.25, 0.3) is 0 Å². The summed E-state index contributed by atoms with van der Waals surface area (Å²) in [6.07, 6.45) is 1.06. The molecule has 1 aliphatic heterocycles. The maximum Gasteiger partial charge on any atom is 0.229 e. The van der Waals surface area contributed by atoms with E-state index in [9.17, 15) is 9.18 Å². The summed E-state index contributed by atoms with van der Waals surface area (Å²) in [6.45, 7) is 3.96. The number of amides is 1. The van der Waals surface area contributed by atoms with E-state index in [1.54, 1.807) is 42.5 Å². The summed E-state index contributed by atoms with van der Waals surface area (Å²) < 4.78 is 37.0. The average Bonchev–Trinajstić information content (AvgIpc) is 2.83. The number of benzene rings is 2. The van der Waals surface area contributed by atoms with Crippen LogP contribution < -0.4 is 25.4 Å². The third kappa shape index (κ3) is 7.01. The van der Waals surface area contributed by atoms with Crippen molar-refractivity contribution in [3.05, 3.63) is 54.5 Å². The van der Waals surface area contributed by atoms with E-state index in [2.05, 4.69) is 25.9 Å². The average molecular weight is 484 g/mol. The van der Waals surface area contributed by atoms with Crippen molar-refractivity contribution in [3.8, 4) is 11.5 Å². The standard InChI is InChI=1S/C24H26FN5O5/c1-16(31)27-19-4-2-3-5-20(19)29-23-18(25)15-26-24(30-23)28-17-6-7-21-22(14-17)35-13-11-33-9-8-32-10-12-34-21/h2-7,14-15H,8-13H2,1H3,(H,27,31)(H2,26,28,29,30). The third-order valence-corrected chi connectivity index (χ3v) is 4.78. The van der Waals surface area contributed by atoms with Gasteiger partial charge >= 0.3 is 0 Å². The number of nitrogens with one attached hydrogen (secondary N) is 3. The number of hydrogen-bond donors (Lipinski definition) is 3. The maximum atomic E-state index is 14.5. The van der Waals surface area contributed by atoms with Crippen molar-refractivity contribution in [2.75, 3.05) is 55.6 Å². The lowest BCUT2D eigenvalue weighted by atomic mass is 10.2. The molecule has 10 nitrogen and oxygen atoms in total. The Morgan fingerprint density at radius 2 is 1.57 bits per heavy atom. The van der Waals surface area contributed by atoms with E-state index in [0.29, 0.717) is 68.2 Å². The van der Waals surface area contributed by atoms with Crippen molar-refractivity contribution in [2.45, 2.75) is 6.92 Å². The van der Waals surface area contributed by atoms with Crippen LogP contribution in [0.3, 0.4) is 0 Å². The normalized spacial score (nSPS) is 14.2. The molecule has 3 aromatic rings. The molecule has 1 aliphatic rings. The van der Waals surface area contributed by atoms with E-state index in [-0.39, 0.29) is 17.7 Å². The minimum absolute atomic E-state index is 0.0525. The van der Waals surface area contributed by atoms with Crippen molar-refractivity contribution in [1.29, 1.82) is 0 Å². The summed E-state index contributed by atoms with van der Waals surface area (Å²) in [5.41, 5.74) is 1.61. The molecule has 35 heavy (non-hydrogen) atoms. The second-order valence-electron chi connectivity index (χ2n) is 7.45. The minimum atomic E-state index is -0.649. The zero-order valence-electron chi connectivity index (χ0n) is 19.2. The lowest BCUT2D eigenvalue weighted by Gasteiger charge is -2.16. The molecule has 0 fully saturated rings. The molecule has 0 spiro atoms. The van der Waals surface area contributed by atoms with Gasteiger partial charge in [-0.2, -0.15) is 4.98 Å². The molecule has 11 heteroatoms. The van der Waals surface area contributed by atoms with Crippen LogP contribution in [-0.4, -0.2) is 55.5 Å². The van der Waals surface area contributed by atoms with Gasteiger partial charge in [-0.15, -0.1) is 0 Å². The number of anilines is 5. The summed E-state index contributed by atoms with van der Waals surface area (Å²) in [5, 5.41) is 8.66. The highest BCUT2D eigenvalue weighted by Gasteiger charge is 2.13. The fourth-order valence-electron chi connectivity index (χ4n) is 3.22. The summed E-state index contributed by atoms with van der Waals surface area (Å²) in [4.78, 5) is 19.7. The highest BCUT2D eigenvalue weighted by Crippen LogP contribution is 2.32. The highest BCUT2D eigenvalue weighted by atomic mass is 19.1. The molecule has 2 aromatic carbocycles. The summed E-state index contributed by atoms with van der Waals surface area (Å²) in [7, 11) is 0. The molecular formula is C24H26FN5O5. The molecule has 184 valence electrons. The van der Waals surface area contributed by atoms with Crippen molar-refractivity contribution < 1.29 is 28.1 Å². The molecule has 0 bridgehead atoms. The number of ether oxygens (including phenoxy) is 4. The second-order valence-corrected chi connectivity index (χ2v) is 7.45. The Morgan fingerprint density at radius 1 is 0.886 bits per heavy atom. The first kappa shape index (κ1) is 24.2. The van der Waals surface area contributed by atoms with E-state index < -0.39 is 5.82 Å². The van der Waals surface area contributed by atoms with E-state index >= 15 is 0 Å². The lowest BCUT2D eigenvalue weighted by Crippen LogP contribution is -2.15. The van der Waals surface area contributed by atoms with Gasteiger partial charge in [0.15, 0.2) is 23.1 Å². The highest BCUT2D eigenvalue weighted by molar-refractivity contribution is 5.93. The molecular weight excluding hydrogens is 457 g/mol. The molecule has 4 rings (SSSR count). The number of aromatic nitrogens is 2. The molecule has 3 N–H and O–H groups in total. The fourth-order valence-corrected chi connectivity index (χ4v) is 3.22. The van der Waals surface area contributed by atoms with Crippen molar-refractivity contribution in [2.24, 2.45) is 0 Å². The number of para-hydroxylation sites is 2. The quantitative estimate of drug-likeness (QED) is 0.497. The van der Waals surface area contributed by atoms with E-state index in [4.69, 9.17) is 18.9 Å². The topological polar surface area (TPSA) is 116 Å². The molecule has 0 radical (unpaired) electrons. The van der Waals surface area contributed by atoms with Gasteiger partial charge in [-0.05, 0) is 24.3 Å². The zero-order valence-corrected chi connectivity index (χ0v) is 19.2. The Labute approximate surface area is 201 Å². The Kier molecular flexibility index (Phi) is 8.25. The van der Waals surface area contributed by atoms with Crippen LogP contribution in [0.2, 0.25) is 0 Å². The predicted octanol–water partition coefficient (Wildman–Crippen LogP) is 3.87. The van der Waals surface area contributed by atoms with Gasteiger partial charge in [-0.3, -0.25) is 4.79 Å². The SMILES string of the molecule is CC(=O)Nc1ccccc1Nc1nc(Nc2ccc3c(c2)OCCOCCOCCO3)ncc1F. The first-order chi connectivity index (χ1) is 17.1. The van der Waals surface area contributed by atoms with E-state index in [1.807, 2.05) is 0 Å². The Bertz CT molecular complexity index is 1160. The van der Waals surface area contributed by atoms with Crippen molar-refractivity contribution in [1.82, 2.24) is 9.97 Å². The first-order valence-corrected chi connectivity index (χ1v) is 11.1. The van der Waals surface area contributed by atoms with Gasteiger partial charge in [0.05, 0.1) is 44.0 Å². The Hall–Kier alpha value is -3.96. The van der Waals surface area contributed by atoms with Gasteiger partial charge in [-0.25, -0.2) is 9.37 Å². The number of rotatable bonds is 5. The van der Waals surface area contributed by atoms with Crippen LogP contribution in [-0.2, 0) is 14.3 Å². The molecule has 0 aliphatic carbocycles. The van der Waals surface area contributed by atoms with Crippen LogP contribution in [0.1, 0.15) is 6.92 Å². The number of nitrogens with zero attached hydrogens (tertiary/aromatic N) is 2. The largest absolute Gasteiger partial charge is 0.487 e. The number of fused-ring (bicyclic) bond motifs is 1. The molecule has 2 heterocycles. The van der Waals surface area contributed by atoms with Crippen LogP contribution in [0, 0.1) is 5.82 Å². The molecule has 1 aromatic heterocycles. The first-order valence-electron chi connectivity index (χ1n) is 11.1. The van der Waals surface area contributed by atoms with E-state index in [0.717, 1.165) is 6.20 Å². The molecule has 0 saturated carbocycles. The maximum absolute atomic E-state index is 14.5. The van der Waals surface area contributed by atoms with Crippen LogP contribution >= 0.6 is 0 Å². The minimum Gasteiger partial charge on any atom is -0.487 e. The molecule has 0 saturated heterocycles. The number of carbonyl (C=O) groups excluding carboxylic acids is 1. The van der Waals surface area contributed by atoms with E-state index in [1.165, 1.54) is 6.92 Å². The van der Waals surface area contributed by atoms with Crippen LogP contribution in [0.5, 0.6) is 11.5 Å². The zero-order chi connectivity index (χ0) is 24.5. The van der Waals surface area contributed by atoms with Crippen molar-refractivity contribution >= 4 is 34.7 Å². The number of hydrogen-bond acceptors (Lipinski definition) is 9. The summed E-state index contributed by atoms with van der Waals surface area (Å²) in [6, 6.07) is 12.2. The lowest BCUT2D eigenvalue weighted by molar-refractivity contribution is -0.114. The molecule has 1 amide bonds. The second kappa shape index (κ2) is 12.0. The monoisotopic (exact) mass is 483 g/mol. The van der Waals surface area contributed by atoms with Crippen LogP contribution in [0.15, 0.2) is 48.7 Å². The third-order valence-electron chi connectivity index (χ3n) is 4.78. The summed E-state index contributed by atoms with van der Waals surface area (Å²) in [5.74, 6) is 0.302. The number of halogens is 1. The van der Waals surface area contributed by atoms with Gasteiger partial charge in [-0.1, -0.05) is 12.1 Å². The van der Waals surface area contributed by atoms with Gasteiger partial charge in [0.2, 0.25) is 11.9 Å².